The zero-order chi connectivity index (χ0) is 13.9. The molecule has 1 N–H and O–H groups in total. The molecule has 0 saturated heterocycles. The molecule has 0 unspecified atom stereocenters. The lowest BCUT2D eigenvalue weighted by molar-refractivity contribution is 0.601. The van der Waals surface area contributed by atoms with Gasteiger partial charge >= 0.3 is 0 Å². The molecular formula is C14H14BrNO2S. The lowest BCUT2D eigenvalue weighted by Gasteiger charge is -2.09. The summed E-state index contributed by atoms with van der Waals surface area (Å²) in [7, 11) is -3.56. The van der Waals surface area contributed by atoms with Gasteiger partial charge in [0.1, 0.15) is 4.90 Å². The van der Waals surface area contributed by atoms with E-state index in [0.717, 1.165) is 6.42 Å². The largest absolute Gasteiger partial charge is 0.280 e. The van der Waals surface area contributed by atoms with Gasteiger partial charge in [-0.15, -0.1) is 0 Å². The molecule has 19 heavy (non-hydrogen) atoms. The van der Waals surface area contributed by atoms with Crippen molar-refractivity contribution >= 4 is 31.6 Å². The van der Waals surface area contributed by atoms with Crippen LogP contribution in [0.15, 0.2) is 57.9 Å². The van der Waals surface area contributed by atoms with Crippen molar-refractivity contribution in [2.45, 2.75) is 18.2 Å². The summed E-state index contributed by atoms with van der Waals surface area (Å²) in [5.41, 5.74) is 1.73. The highest BCUT2D eigenvalue weighted by molar-refractivity contribution is 9.10. The third kappa shape index (κ3) is 3.36. The van der Waals surface area contributed by atoms with Gasteiger partial charge < -0.3 is 0 Å². The average Bonchev–Trinajstić information content (AvgIpc) is 2.39. The average molecular weight is 340 g/mol. The van der Waals surface area contributed by atoms with Gasteiger partial charge in [-0.1, -0.05) is 31.2 Å². The molecule has 2 aromatic rings. The van der Waals surface area contributed by atoms with E-state index in [4.69, 9.17) is 0 Å². The third-order valence-corrected chi connectivity index (χ3v) is 5.13. The Hall–Kier alpha value is -1.33. The molecule has 0 atom stereocenters. The molecule has 0 fully saturated rings. The quantitative estimate of drug-likeness (QED) is 0.920. The first kappa shape index (κ1) is 14.1. The second kappa shape index (κ2) is 5.75. The SMILES string of the molecule is CCc1ccc(NS(=O)(=O)c2ccccc2Br)cc1. The topological polar surface area (TPSA) is 46.2 Å². The van der Waals surface area contributed by atoms with Gasteiger partial charge in [-0.2, -0.15) is 0 Å². The number of aryl methyl sites for hydroxylation is 1. The molecule has 0 spiro atoms. The van der Waals surface area contributed by atoms with Gasteiger partial charge in [0, 0.05) is 10.2 Å². The minimum absolute atomic E-state index is 0.231. The minimum atomic E-state index is -3.56. The Morgan fingerprint density at radius 1 is 1.05 bits per heavy atom. The van der Waals surface area contributed by atoms with Crippen molar-refractivity contribution in [3.63, 3.8) is 0 Å². The second-order valence-corrected chi connectivity index (χ2v) is 6.59. The zero-order valence-corrected chi connectivity index (χ0v) is 12.8. The maximum absolute atomic E-state index is 12.2. The van der Waals surface area contributed by atoms with E-state index in [0.29, 0.717) is 10.2 Å². The maximum Gasteiger partial charge on any atom is 0.263 e. The molecule has 0 aliphatic rings. The fourth-order valence-electron chi connectivity index (χ4n) is 1.68. The van der Waals surface area contributed by atoms with Crippen LogP contribution in [0.3, 0.4) is 0 Å². The van der Waals surface area contributed by atoms with Crippen molar-refractivity contribution in [3.8, 4) is 0 Å². The predicted molar refractivity (Wildman–Crippen MR) is 80.8 cm³/mol. The third-order valence-electron chi connectivity index (χ3n) is 2.74. The smallest absolute Gasteiger partial charge is 0.263 e. The maximum atomic E-state index is 12.2. The fourth-order valence-corrected chi connectivity index (χ4v) is 3.74. The summed E-state index contributed by atoms with van der Waals surface area (Å²) in [4.78, 5) is 0.231. The van der Waals surface area contributed by atoms with E-state index in [1.54, 1.807) is 36.4 Å². The molecule has 2 aromatic carbocycles. The lowest BCUT2D eigenvalue weighted by Crippen LogP contribution is -2.13. The van der Waals surface area contributed by atoms with Crippen LogP contribution in [-0.4, -0.2) is 8.42 Å². The minimum Gasteiger partial charge on any atom is -0.280 e. The Kier molecular flexibility index (Phi) is 4.27. The van der Waals surface area contributed by atoms with Crippen LogP contribution < -0.4 is 4.72 Å². The summed E-state index contributed by atoms with van der Waals surface area (Å²) in [6.45, 7) is 2.06. The molecular weight excluding hydrogens is 326 g/mol. The number of anilines is 1. The van der Waals surface area contributed by atoms with E-state index < -0.39 is 10.0 Å². The number of hydrogen-bond donors (Lipinski definition) is 1. The summed E-state index contributed by atoms with van der Waals surface area (Å²) in [5, 5.41) is 0. The van der Waals surface area contributed by atoms with Crippen molar-refractivity contribution in [2.24, 2.45) is 0 Å². The Bertz CT molecular complexity index is 666. The van der Waals surface area contributed by atoms with Crippen LogP contribution >= 0.6 is 15.9 Å². The van der Waals surface area contributed by atoms with Crippen LogP contribution in [0.2, 0.25) is 0 Å². The molecule has 0 aliphatic heterocycles. The van der Waals surface area contributed by atoms with Gasteiger partial charge in [0.05, 0.1) is 0 Å². The number of rotatable bonds is 4. The lowest BCUT2D eigenvalue weighted by atomic mass is 10.2. The van der Waals surface area contributed by atoms with Crippen molar-refractivity contribution in [3.05, 3.63) is 58.6 Å². The van der Waals surface area contributed by atoms with E-state index in [1.165, 1.54) is 5.56 Å². The summed E-state index contributed by atoms with van der Waals surface area (Å²) < 4.78 is 27.6. The first-order chi connectivity index (χ1) is 9.03. The molecule has 0 amide bonds. The molecule has 0 aromatic heterocycles. The molecule has 0 aliphatic carbocycles. The van der Waals surface area contributed by atoms with Crippen LogP contribution in [0.25, 0.3) is 0 Å². The number of sulfonamides is 1. The summed E-state index contributed by atoms with van der Waals surface area (Å²) in [6.07, 6.45) is 0.928. The Morgan fingerprint density at radius 2 is 1.68 bits per heavy atom. The van der Waals surface area contributed by atoms with Crippen LogP contribution in [0.4, 0.5) is 5.69 Å². The van der Waals surface area contributed by atoms with Crippen molar-refractivity contribution in [2.75, 3.05) is 4.72 Å². The zero-order valence-electron chi connectivity index (χ0n) is 10.4. The van der Waals surface area contributed by atoms with Gasteiger partial charge in [0.25, 0.3) is 10.0 Å². The highest BCUT2D eigenvalue weighted by Gasteiger charge is 2.16. The van der Waals surface area contributed by atoms with E-state index in [9.17, 15) is 8.42 Å². The number of hydrogen-bond acceptors (Lipinski definition) is 2. The van der Waals surface area contributed by atoms with Crippen molar-refractivity contribution < 1.29 is 8.42 Å². The Balaban J connectivity index is 2.28. The highest BCUT2D eigenvalue weighted by Crippen LogP contribution is 2.23. The van der Waals surface area contributed by atoms with Gasteiger partial charge in [-0.3, -0.25) is 4.72 Å². The van der Waals surface area contributed by atoms with Gasteiger partial charge in [0.2, 0.25) is 0 Å². The summed E-state index contributed by atoms with van der Waals surface area (Å²) in [6, 6.07) is 14.1. The number of halogens is 1. The molecule has 5 heteroatoms. The van der Waals surface area contributed by atoms with Crippen molar-refractivity contribution in [1.29, 1.82) is 0 Å². The second-order valence-electron chi connectivity index (χ2n) is 4.09. The predicted octanol–water partition coefficient (Wildman–Crippen LogP) is 3.81. The van der Waals surface area contributed by atoms with Crippen LogP contribution in [0.5, 0.6) is 0 Å². The van der Waals surface area contributed by atoms with Crippen LogP contribution in [0.1, 0.15) is 12.5 Å². The normalized spacial score (nSPS) is 11.3. The van der Waals surface area contributed by atoms with E-state index in [1.807, 2.05) is 12.1 Å². The standard InChI is InChI=1S/C14H14BrNO2S/c1-2-11-7-9-12(10-8-11)16-19(17,18)14-6-4-3-5-13(14)15/h3-10,16H,2H2,1H3. The molecule has 0 radical (unpaired) electrons. The fraction of sp³-hybridized carbons (Fsp3) is 0.143. The molecule has 100 valence electrons. The van der Waals surface area contributed by atoms with Crippen molar-refractivity contribution in [1.82, 2.24) is 0 Å². The number of nitrogens with one attached hydrogen (secondary N) is 1. The molecule has 3 nitrogen and oxygen atoms in total. The Morgan fingerprint density at radius 3 is 2.26 bits per heavy atom. The number of benzene rings is 2. The van der Waals surface area contributed by atoms with Crippen LogP contribution in [-0.2, 0) is 16.4 Å². The molecule has 0 bridgehead atoms. The molecule has 0 saturated carbocycles. The highest BCUT2D eigenvalue weighted by atomic mass is 79.9. The summed E-state index contributed by atoms with van der Waals surface area (Å²) >= 11 is 3.25. The molecule has 0 heterocycles. The molecule has 2 rings (SSSR count). The van der Waals surface area contributed by atoms with Gasteiger partial charge in [-0.25, -0.2) is 8.42 Å². The Labute approximate surface area is 121 Å². The first-order valence-electron chi connectivity index (χ1n) is 5.89. The first-order valence-corrected chi connectivity index (χ1v) is 8.17. The monoisotopic (exact) mass is 339 g/mol. The van der Waals surface area contributed by atoms with Gasteiger partial charge in [-0.05, 0) is 52.2 Å². The van der Waals surface area contributed by atoms with E-state index >= 15 is 0 Å². The van der Waals surface area contributed by atoms with Gasteiger partial charge in [0.15, 0.2) is 0 Å². The van der Waals surface area contributed by atoms with E-state index in [-0.39, 0.29) is 4.90 Å². The summed E-state index contributed by atoms with van der Waals surface area (Å²) in [5.74, 6) is 0. The van der Waals surface area contributed by atoms with E-state index in [2.05, 4.69) is 27.6 Å². The van der Waals surface area contributed by atoms with Crippen LogP contribution in [0, 0.1) is 0 Å².